The molecule has 2 aromatic heterocycles. The standard InChI is InChI=1S/C24H29N7O2/c1-2-29-10-11-30(15-23(29)32)20-8-9-25-21(14-20)24(33)27-18-5-3-4-17(12-18)13-22-28-26-16-31(22)19-6-7-19/h3,5,8-9,12,14,16-17,19H,2,4,6-7,10-11,13,15H2,1H3,(H,27,33). The first kappa shape index (κ1) is 21.4. The summed E-state index contributed by atoms with van der Waals surface area (Å²) < 4.78 is 2.19. The number of piperazine rings is 1. The normalized spacial score (nSPS) is 20.7. The fourth-order valence-electron chi connectivity index (χ4n) is 4.48. The zero-order chi connectivity index (χ0) is 22.8. The van der Waals surface area contributed by atoms with Gasteiger partial charge in [-0.25, -0.2) is 0 Å². The monoisotopic (exact) mass is 447 g/mol. The van der Waals surface area contributed by atoms with Gasteiger partial charge < -0.3 is 19.7 Å². The van der Waals surface area contributed by atoms with Gasteiger partial charge >= 0.3 is 0 Å². The van der Waals surface area contributed by atoms with Gasteiger partial charge in [0.1, 0.15) is 17.8 Å². The molecule has 0 spiro atoms. The number of likely N-dealkylation sites (N-methyl/N-ethyl adjacent to an activating group) is 1. The Morgan fingerprint density at radius 1 is 1.27 bits per heavy atom. The molecule has 1 N–H and O–H groups in total. The summed E-state index contributed by atoms with van der Waals surface area (Å²) in [6.07, 6.45) is 13.7. The lowest BCUT2D eigenvalue weighted by Gasteiger charge is -2.35. The second-order valence-electron chi connectivity index (χ2n) is 8.86. The van der Waals surface area contributed by atoms with Crippen LogP contribution in [0.4, 0.5) is 5.69 Å². The molecule has 1 atom stereocenters. The maximum Gasteiger partial charge on any atom is 0.274 e. The van der Waals surface area contributed by atoms with Crippen LogP contribution in [0.15, 0.2) is 48.6 Å². The van der Waals surface area contributed by atoms with Gasteiger partial charge in [-0.05, 0) is 50.3 Å². The number of aromatic nitrogens is 4. The SMILES string of the molecule is CCN1CCN(c2ccnc(C(=O)NC3=CC(Cc4nncn4C4CC4)CC=C3)c2)CC1=O. The molecule has 33 heavy (non-hydrogen) atoms. The number of carbonyl (C=O) groups is 2. The van der Waals surface area contributed by atoms with Gasteiger partial charge in [0, 0.05) is 49.7 Å². The Bertz CT molecular complexity index is 1100. The van der Waals surface area contributed by atoms with E-state index in [1.54, 1.807) is 12.3 Å². The molecule has 0 bridgehead atoms. The van der Waals surface area contributed by atoms with Crippen molar-refractivity contribution in [3.05, 3.63) is 60.1 Å². The fourth-order valence-corrected chi connectivity index (χ4v) is 4.48. The summed E-state index contributed by atoms with van der Waals surface area (Å²) in [5, 5.41) is 11.4. The van der Waals surface area contributed by atoms with Gasteiger partial charge in [0.25, 0.3) is 5.91 Å². The Labute approximate surface area is 193 Å². The smallest absolute Gasteiger partial charge is 0.274 e. The highest BCUT2D eigenvalue weighted by molar-refractivity contribution is 5.94. The van der Waals surface area contributed by atoms with Crippen LogP contribution in [0.25, 0.3) is 0 Å². The number of nitrogens with one attached hydrogen (secondary N) is 1. The predicted molar refractivity (Wildman–Crippen MR) is 123 cm³/mol. The van der Waals surface area contributed by atoms with Crippen LogP contribution in [-0.2, 0) is 11.2 Å². The first-order valence-electron chi connectivity index (χ1n) is 11.7. The summed E-state index contributed by atoms with van der Waals surface area (Å²) in [4.78, 5) is 33.3. The third-order valence-electron chi connectivity index (χ3n) is 6.48. The molecule has 2 fully saturated rings. The summed E-state index contributed by atoms with van der Waals surface area (Å²) in [6.45, 7) is 4.46. The van der Waals surface area contributed by atoms with Gasteiger partial charge in [-0.3, -0.25) is 14.6 Å². The third kappa shape index (κ3) is 4.81. The van der Waals surface area contributed by atoms with E-state index in [4.69, 9.17) is 0 Å². The van der Waals surface area contributed by atoms with Crippen molar-refractivity contribution in [2.75, 3.05) is 31.1 Å². The molecule has 2 aliphatic carbocycles. The zero-order valence-electron chi connectivity index (χ0n) is 18.9. The summed E-state index contributed by atoms with van der Waals surface area (Å²) in [7, 11) is 0. The first-order chi connectivity index (χ1) is 16.1. The zero-order valence-corrected chi connectivity index (χ0v) is 18.9. The van der Waals surface area contributed by atoms with Crippen molar-refractivity contribution in [2.24, 2.45) is 5.92 Å². The van der Waals surface area contributed by atoms with Crippen LogP contribution in [0.1, 0.15) is 48.5 Å². The number of nitrogens with zero attached hydrogens (tertiary/aromatic N) is 6. The molecular formula is C24H29N7O2. The van der Waals surface area contributed by atoms with E-state index < -0.39 is 0 Å². The van der Waals surface area contributed by atoms with Crippen LogP contribution >= 0.6 is 0 Å². The number of pyridine rings is 1. The lowest BCUT2D eigenvalue weighted by molar-refractivity contribution is -0.130. The molecule has 3 heterocycles. The molecule has 5 rings (SSSR count). The van der Waals surface area contributed by atoms with Crippen LogP contribution in [0.2, 0.25) is 0 Å². The Balaban J connectivity index is 1.23. The summed E-state index contributed by atoms with van der Waals surface area (Å²) in [6, 6.07) is 4.15. The van der Waals surface area contributed by atoms with Crippen LogP contribution < -0.4 is 10.2 Å². The van der Waals surface area contributed by atoms with Gasteiger partial charge in [-0.15, -0.1) is 10.2 Å². The van der Waals surface area contributed by atoms with E-state index >= 15 is 0 Å². The van der Waals surface area contributed by atoms with Gasteiger partial charge in [-0.2, -0.15) is 0 Å². The Hall–Kier alpha value is -3.49. The second kappa shape index (κ2) is 9.17. The summed E-state index contributed by atoms with van der Waals surface area (Å²) in [5.41, 5.74) is 1.94. The average Bonchev–Trinajstić information content (AvgIpc) is 3.58. The molecule has 1 unspecified atom stereocenters. The predicted octanol–water partition coefficient (Wildman–Crippen LogP) is 2.11. The number of rotatable bonds is 7. The fraction of sp³-hybridized carbons (Fsp3) is 0.458. The highest BCUT2D eigenvalue weighted by Gasteiger charge is 2.27. The van der Waals surface area contributed by atoms with E-state index in [2.05, 4.69) is 37.2 Å². The van der Waals surface area contributed by atoms with Crippen LogP contribution in [-0.4, -0.2) is 62.6 Å². The maximum absolute atomic E-state index is 12.9. The third-order valence-corrected chi connectivity index (χ3v) is 6.48. The minimum absolute atomic E-state index is 0.104. The second-order valence-corrected chi connectivity index (χ2v) is 8.86. The number of anilines is 1. The number of hydrogen-bond donors (Lipinski definition) is 1. The quantitative estimate of drug-likeness (QED) is 0.698. The molecule has 9 nitrogen and oxygen atoms in total. The molecular weight excluding hydrogens is 418 g/mol. The van der Waals surface area contributed by atoms with Crippen molar-refractivity contribution in [3.63, 3.8) is 0 Å². The van der Waals surface area contributed by atoms with E-state index in [-0.39, 0.29) is 17.7 Å². The highest BCUT2D eigenvalue weighted by atomic mass is 16.2. The van der Waals surface area contributed by atoms with E-state index in [9.17, 15) is 9.59 Å². The summed E-state index contributed by atoms with van der Waals surface area (Å²) in [5.74, 6) is 1.11. The Kier molecular flexibility index (Phi) is 5.93. The van der Waals surface area contributed by atoms with E-state index in [0.717, 1.165) is 43.1 Å². The van der Waals surface area contributed by atoms with Crippen molar-refractivity contribution >= 4 is 17.5 Å². The van der Waals surface area contributed by atoms with Crippen molar-refractivity contribution < 1.29 is 9.59 Å². The number of carbonyl (C=O) groups excluding carboxylic acids is 2. The highest BCUT2D eigenvalue weighted by Crippen LogP contribution is 2.36. The lowest BCUT2D eigenvalue weighted by atomic mass is 9.95. The van der Waals surface area contributed by atoms with Crippen molar-refractivity contribution in [1.82, 2.24) is 30.0 Å². The number of allylic oxidation sites excluding steroid dienone is 3. The van der Waals surface area contributed by atoms with Crippen LogP contribution in [0, 0.1) is 5.92 Å². The number of hydrogen-bond acceptors (Lipinski definition) is 6. The minimum atomic E-state index is -0.256. The molecule has 1 saturated carbocycles. The van der Waals surface area contributed by atoms with Crippen molar-refractivity contribution in [1.29, 1.82) is 0 Å². The van der Waals surface area contributed by atoms with Crippen molar-refractivity contribution in [2.45, 2.75) is 38.6 Å². The van der Waals surface area contributed by atoms with Gasteiger partial charge in [-0.1, -0.05) is 12.2 Å². The minimum Gasteiger partial charge on any atom is -0.360 e. The van der Waals surface area contributed by atoms with E-state index in [0.29, 0.717) is 24.8 Å². The molecule has 1 saturated heterocycles. The molecule has 0 aromatic carbocycles. The van der Waals surface area contributed by atoms with Crippen molar-refractivity contribution in [3.8, 4) is 0 Å². The van der Waals surface area contributed by atoms with E-state index in [1.165, 1.54) is 12.8 Å². The average molecular weight is 448 g/mol. The topological polar surface area (TPSA) is 96.2 Å². The largest absolute Gasteiger partial charge is 0.360 e. The van der Waals surface area contributed by atoms with Crippen LogP contribution in [0.5, 0.6) is 0 Å². The van der Waals surface area contributed by atoms with Gasteiger partial charge in [0.2, 0.25) is 5.91 Å². The lowest BCUT2D eigenvalue weighted by Crippen LogP contribution is -2.50. The molecule has 1 aliphatic heterocycles. The molecule has 172 valence electrons. The van der Waals surface area contributed by atoms with Crippen LogP contribution in [0.3, 0.4) is 0 Å². The summed E-state index contributed by atoms with van der Waals surface area (Å²) >= 11 is 0. The van der Waals surface area contributed by atoms with Gasteiger partial charge in [0.05, 0.1) is 6.54 Å². The maximum atomic E-state index is 12.9. The molecule has 9 heteroatoms. The molecule has 2 amide bonds. The Morgan fingerprint density at radius 2 is 2.15 bits per heavy atom. The van der Waals surface area contributed by atoms with E-state index in [1.807, 2.05) is 35.2 Å². The molecule has 0 radical (unpaired) electrons. The Morgan fingerprint density at radius 3 is 2.94 bits per heavy atom. The number of amides is 2. The van der Waals surface area contributed by atoms with Gasteiger partial charge in [0.15, 0.2) is 0 Å². The molecule has 2 aromatic rings. The molecule has 3 aliphatic rings. The first-order valence-corrected chi connectivity index (χ1v) is 11.7.